The second-order valence-corrected chi connectivity index (χ2v) is 5.48. The highest BCUT2D eigenvalue weighted by Crippen LogP contribution is 2.17. The van der Waals surface area contributed by atoms with E-state index >= 15 is 0 Å². The zero-order chi connectivity index (χ0) is 15.1. The number of rotatable bonds is 6. The number of para-hydroxylation sites is 1. The summed E-state index contributed by atoms with van der Waals surface area (Å²) in [6.07, 6.45) is 2.46. The van der Waals surface area contributed by atoms with Crippen LogP contribution in [-0.2, 0) is 6.42 Å². The minimum atomic E-state index is -0.187. The maximum absolute atomic E-state index is 11.8. The van der Waals surface area contributed by atoms with Gasteiger partial charge in [-0.15, -0.1) is 11.3 Å². The molecular weight excluding hydrogens is 286 g/mol. The fourth-order valence-corrected chi connectivity index (χ4v) is 2.62. The van der Waals surface area contributed by atoms with Crippen LogP contribution in [0, 0.1) is 0 Å². The normalized spacial score (nSPS) is 11.7. The number of aromatic nitrogens is 1. The molecule has 2 rings (SSSR count). The summed E-state index contributed by atoms with van der Waals surface area (Å²) in [5, 5.41) is 8.50. The first-order chi connectivity index (χ1) is 10.2. The molecule has 0 saturated heterocycles. The van der Waals surface area contributed by atoms with Crippen LogP contribution < -0.4 is 15.4 Å². The number of benzene rings is 1. The lowest BCUT2D eigenvalue weighted by atomic mass is 10.1. The fraction of sp³-hybridized carbons (Fsp3) is 0.333. The molecule has 2 amide bonds. The Morgan fingerprint density at radius 2 is 2.24 bits per heavy atom. The van der Waals surface area contributed by atoms with E-state index < -0.39 is 0 Å². The Morgan fingerprint density at radius 1 is 1.43 bits per heavy atom. The van der Waals surface area contributed by atoms with Crippen molar-refractivity contribution in [3.8, 4) is 5.75 Å². The first-order valence-corrected chi connectivity index (χ1v) is 7.64. The van der Waals surface area contributed by atoms with Crippen LogP contribution in [0.1, 0.15) is 23.5 Å². The first-order valence-electron chi connectivity index (χ1n) is 6.76. The zero-order valence-corrected chi connectivity index (χ0v) is 12.9. The standard InChI is InChI=1S/C15H19N3O2S/c1-11(14-16-9-10-21-14)18-15(19)17-8-7-12-5-3-4-6-13(12)20-2/h3-6,9-11H,7-8H2,1-2H3,(H2,17,18,19). The summed E-state index contributed by atoms with van der Waals surface area (Å²) >= 11 is 1.53. The minimum absolute atomic E-state index is 0.0868. The lowest BCUT2D eigenvalue weighted by molar-refractivity contribution is 0.238. The van der Waals surface area contributed by atoms with E-state index in [0.717, 1.165) is 22.7 Å². The van der Waals surface area contributed by atoms with Crippen LogP contribution in [0.4, 0.5) is 4.79 Å². The highest BCUT2D eigenvalue weighted by Gasteiger charge is 2.11. The van der Waals surface area contributed by atoms with Crippen LogP contribution in [0.5, 0.6) is 5.75 Å². The highest BCUT2D eigenvalue weighted by molar-refractivity contribution is 7.09. The van der Waals surface area contributed by atoms with E-state index in [4.69, 9.17) is 4.74 Å². The SMILES string of the molecule is COc1ccccc1CCNC(=O)NC(C)c1nccs1. The Morgan fingerprint density at radius 3 is 2.95 bits per heavy atom. The number of nitrogens with zero attached hydrogens (tertiary/aromatic N) is 1. The number of methoxy groups -OCH3 is 1. The Bertz CT molecular complexity index is 572. The number of ether oxygens (including phenoxy) is 1. The van der Waals surface area contributed by atoms with E-state index in [1.54, 1.807) is 13.3 Å². The molecule has 1 atom stereocenters. The third kappa shape index (κ3) is 4.46. The van der Waals surface area contributed by atoms with Gasteiger partial charge in [-0.25, -0.2) is 9.78 Å². The molecule has 2 aromatic rings. The zero-order valence-electron chi connectivity index (χ0n) is 12.1. The molecule has 0 aliphatic rings. The third-order valence-electron chi connectivity index (χ3n) is 3.04. The molecule has 0 spiro atoms. The maximum Gasteiger partial charge on any atom is 0.315 e. The monoisotopic (exact) mass is 305 g/mol. The number of urea groups is 1. The average molecular weight is 305 g/mol. The second-order valence-electron chi connectivity index (χ2n) is 4.55. The number of hydrogen-bond donors (Lipinski definition) is 2. The van der Waals surface area contributed by atoms with Crippen molar-refractivity contribution in [2.75, 3.05) is 13.7 Å². The van der Waals surface area contributed by atoms with Crippen molar-refractivity contribution in [3.63, 3.8) is 0 Å². The van der Waals surface area contributed by atoms with E-state index in [1.807, 2.05) is 36.6 Å². The van der Waals surface area contributed by atoms with Crippen molar-refractivity contribution in [2.24, 2.45) is 0 Å². The van der Waals surface area contributed by atoms with Crippen molar-refractivity contribution in [1.82, 2.24) is 15.6 Å². The number of hydrogen-bond acceptors (Lipinski definition) is 4. The molecule has 6 heteroatoms. The fourth-order valence-electron chi connectivity index (χ4n) is 1.98. The molecule has 0 radical (unpaired) electrons. The molecule has 0 bridgehead atoms. The summed E-state index contributed by atoms with van der Waals surface area (Å²) < 4.78 is 5.28. The van der Waals surface area contributed by atoms with Gasteiger partial charge in [-0.2, -0.15) is 0 Å². The molecule has 1 aromatic heterocycles. The molecule has 0 saturated carbocycles. The van der Waals surface area contributed by atoms with Crippen molar-refractivity contribution in [1.29, 1.82) is 0 Å². The van der Waals surface area contributed by atoms with E-state index in [1.165, 1.54) is 11.3 Å². The molecule has 0 aliphatic carbocycles. The van der Waals surface area contributed by atoms with Crippen molar-refractivity contribution in [2.45, 2.75) is 19.4 Å². The van der Waals surface area contributed by atoms with Crippen LogP contribution >= 0.6 is 11.3 Å². The molecule has 5 nitrogen and oxygen atoms in total. The van der Waals surface area contributed by atoms with E-state index in [-0.39, 0.29) is 12.1 Å². The van der Waals surface area contributed by atoms with Crippen LogP contribution in [0.2, 0.25) is 0 Å². The van der Waals surface area contributed by atoms with Crippen molar-refractivity contribution < 1.29 is 9.53 Å². The van der Waals surface area contributed by atoms with Crippen LogP contribution in [0.25, 0.3) is 0 Å². The summed E-state index contributed by atoms with van der Waals surface area (Å²) in [6.45, 7) is 2.47. The Hall–Kier alpha value is -2.08. The molecule has 112 valence electrons. The first kappa shape index (κ1) is 15.3. The second kappa shape index (κ2) is 7.64. The molecule has 2 N–H and O–H groups in total. The van der Waals surface area contributed by atoms with E-state index in [0.29, 0.717) is 6.54 Å². The largest absolute Gasteiger partial charge is 0.496 e. The van der Waals surface area contributed by atoms with Gasteiger partial charge in [0.05, 0.1) is 13.2 Å². The summed E-state index contributed by atoms with van der Waals surface area (Å²) in [5.74, 6) is 0.843. The molecule has 1 aromatic carbocycles. The van der Waals surface area contributed by atoms with Gasteiger partial charge in [-0.3, -0.25) is 0 Å². The number of nitrogens with one attached hydrogen (secondary N) is 2. The van der Waals surface area contributed by atoms with Gasteiger partial charge in [0, 0.05) is 18.1 Å². The van der Waals surface area contributed by atoms with Crippen LogP contribution in [-0.4, -0.2) is 24.7 Å². The predicted molar refractivity (Wildman–Crippen MR) is 83.8 cm³/mol. The lowest BCUT2D eigenvalue weighted by Crippen LogP contribution is -2.38. The van der Waals surface area contributed by atoms with Crippen LogP contribution in [0.15, 0.2) is 35.8 Å². The highest BCUT2D eigenvalue weighted by atomic mass is 32.1. The summed E-state index contributed by atoms with van der Waals surface area (Å²) in [5.41, 5.74) is 1.08. The van der Waals surface area contributed by atoms with Gasteiger partial charge >= 0.3 is 6.03 Å². The Kier molecular flexibility index (Phi) is 5.57. The van der Waals surface area contributed by atoms with Gasteiger partial charge < -0.3 is 15.4 Å². The minimum Gasteiger partial charge on any atom is -0.496 e. The van der Waals surface area contributed by atoms with Crippen LogP contribution in [0.3, 0.4) is 0 Å². The lowest BCUT2D eigenvalue weighted by Gasteiger charge is -2.13. The quantitative estimate of drug-likeness (QED) is 0.862. The molecule has 1 heterocycles. The van der Waals surface area contributed by atoms with Crippen molar-refractivity contribution in [3.05, 3.63) is 46.4 Å². The number of carbonyl (C=O) groups is 1. The molecule has 1 unspecified atom stereocenters. The van der Waals surface area contributed by atoms with Gasteiger partial charge in [0.25, 0.3) is 0 Å². The van der Waals surface area contributed by atoms with E-state index in [2.05, 4.69) is 15.6 Å². The Labute approximate surface area is 128 Å². The predicted octanol–water partition coefficient (Wildman–Crippen LogP) is 2.75. The molecular formula is C15H19N3O2S. The number of amides is 2. The number of thiazole rings is 1. The maximum atomic E-state index is 11.8. The average Bonchev–Trinajstić information content (AvgIpc) is 3.02. The van der Waals surface area contributed by atoms with Gasteiger partial charge in [0.2, 0.25) is 0 Å². The third-order valence-corrected chi connectivity index (χ3v) is 4.00. The Balaban J connectivity index is 1.77. The van der Waals surface area contributed by atoms with Gasteiger partial charge in [-0.05, 0) is 25.0 Å². The smallest absolute Gasteiger partial charge is 0.315 e. The van der Waals surface area contributed by atoms with Crippen molar-refractivity contribution >= 4 is 17.4 Å². The van der Waals surface area contributed by atoms with Gasteiger partial charge in [0.15, 0.2) is 0 Å². The van der Waals surface area contributed by atoms with Gasteiger partial charge in [0.1, 0.15) is 10.8 Å². The molecule has 21 heavy (non-hydrogen) atoms. The number of carbonyl (C=O) groups excluding carboxylic acids is 1. The molecule has 0 aliphatic heterocycles. The van der Waals surface area contributed by atoms with E-state index in [9.17, 15) is 4.79 Å². The van der Waals surface area contributed by atoms with Gasteiger partial charge in [-0.1, -0.05) is 18.2 Å². The summed E-state index contributed by atoms with van der Waals surface area (Å²) in [6, 6.07) is 7.53. The summed E-state index contributed by atoms with van der Waals surface area (Å²) in [4.78, 5) is 16.0. The molecule has 0 fully saturated rings. The summed E-state index contributed by atoms with van der Waals surface area (Å²) in [7, 11) is 1.65. The topological polar surface area (TPSA) is 63.2 Å².